The second-order valence-corrected chi connectivity index (χ2v) is 5.02. The lowest BCUT2D eigenvalue weighted by Gasteiger charge is -2.04. The fourth-order valence-corrected chi connectivity index (χ4v) is 2.71. The number of nitrogens with one attached hydrogen (secondary N) is 1. The van der Waals surface area contributed by atoms with Crippen LogP contribution < -0.4 is 5.32 Å². The zero-order chi connectivity index (χ0) is 9.42. The molecule has 13 heavy (non-hydrogen) atoms. The van der Waals surface area contributed by atoms with Gasteiger partial charge < -0.3 is 5.32 Å². The van der Waals surface area contributed by atoms with Gasteiger partial charge in [-0.2, -0.15) is 0 Å². The molecule has 1 saturated carbocycles. The van der Waals surface area contributed by atoms with E-state index in [-0.39, 0.29) is 0 Å². The number of hydrogen-bond acceptors (Lipinski definition) is 3. The van der Waals surface area contributed by atoms with Crippen molar-refractivity contribution >= 4 is 11.3 Å². The summed E-state index contributed by atoms with van der Waals surface area (Å²) >= 11 is 1.87. The molecule has 0 amide bonds. The summed E-state index contributed by atoms with van der Waals surface area (Å²) in [6.07, 6.45) is 3.35. The van der Waals surface area contributed by atoms with Crippen molar-refractivity contribution in [2.45, 2.75) is 32.2 Å². The van der Waals surface area contributed by atoms with Gasteiger partial charge in [-0.15, -0.1) is 11.3 Å². The van der Waals surface area contributed by atoms with Gasteiger partial charge in [-0.1, -0.05) is 6.92 Å². The first kappa shape index (κ1) is 9.16. The molecular formula is C10H16N2S. The van der Waals surface area contributed by atoms with Crippen molar-refractivity contribution < 1.29 is 0 Å². The van der Waals surface area contributed by atoms with Crippen LogP contribution in [0, 0.1) is 5.92 Å². The molecule has 3 heteroatoms. The van der Waals surface area contributed by atoms with Gasteiger partial charge >= 0.3 is 0 Å². The monoisotopic (exact) mass is 196 g/mol. The first-order valence-electron chi connectivity index (χ1n) is 4.85. The van der Waals surface area contributed by atoms with Gasteiger partial charge in [-0.05, 0) is 26.3 Å². The molecule has 1 aromatic rings. The highest BCUT2D eigenvalue weighted by atomic mass is 32.1. The maximum Gasteiger partial charge on any atom is 0.0961 e. The third-order valence-corrected chi connectivity index (χ3v) is 4.14. The molecule has 2 rings (SSSR count). The Balaban J connectivity index is 2.09. The van der Waals surface area contributed by atoms with Crippen molar-refractivity contribution in [1.29, 1.82) is 0 Å². The van der Waals surface area contributed by atoms with Gasteiger partial charge in [0, 0.05) is 23.0 Å². The first-order chi connectivity index (χ1) is 6.22. The molecule has 2 nitrogen and oxygen atoms in total. The van der Waals surface area contributed by atoms with Crippen LogP contribution in [-0.2, 0) is 0 Å². The summed E-state index contributed by atoms with van der Waals surface area (Å²) < 4.78 is 0. The third kappa shape index (κ3) is 1.76. The van der Waals surface area contributed by atoms with Gasteiger partial charge in [0.25, 0.3) is 0 Å². The summed E-state index contributed by atoms with van der Waals surface area (Å²) in [4.78, 5) is 5.83. The average molecular weight is 196 g/mol. The zero-order valence-corrected chi connectivity index (χ0v) is 9.19. The van der Waals surface area contributed by atoms with E-state index in [9.17, 15) is 0 Å². The molecule has 1 aromatic heterocycles. The minimum Gasteiger partial charge on any atom is -0.312 e. The Morgan fingerprint density at radius 1 is 1.69 bits per heavy atom. The summed E-state index contributed by atoms with van der Waals surface area (Å²) in [6.45, 7) is 4.47. The lowest BCUT2D eigenvalue weighted by atomic mass is 10.3. The Bertz CT molecular complexity index is 276. The van der Waals surface area contributed by atoms with Crippen LogP contribution in [0.3, 0.4) is 0 Å². The SMILES string of the molecule is CNC(C)c1cnc(C2CC2C)s1. The Labute approximate surface area is 83.4 Å². The number of thiazole rings is 1. The number of nitrogens with zero attached hydrogens (tertiary/aromatic N) is 1. The highest BCUT2D eigenvalue weighted by Crippen LogP contribution is 2.48. The lowest BCUT2D eigenvalue weighted by molar-refractivity contribution is 0.662. The van der Waals surface area contributed by atoms with Crippen molar-refractivity contribution in [3.05, 3.63) is 16.1 Å². The molecule has 0 radical (unpaired) electrons. The highest BCUT2D eigenvalue weighted by molar-refractivity contribution is 7.11. The van der Waals surface area contributed by atoms with E-state index in [1.807, 2.05) is 24.6 Å². The number of aromatic nitrogens is 1. The third-order valence-electron chi connectivity index (χ3n) is 2.83. The number of rotatable bonds is 3. The van der Waals surface area contributed by atoms with E-state index in [4.69, 9.17) is 0 Å². The van der Waals surface area contributed by atoms with Crippen LogP contribution in [0.25, 0.3) is 0 Å². The molecule has 1 fully saturated rings. The van der Waals surface area contributed by atoms with Crippen LogP contribution in [0.1, 0.15) is 42.1 Å². The van der Waals surface area contributed by atoms with Gasteiger partial charge in [-0.3, -0.25) is 0 Å². The number of hydrogen-bond donors (Lipinski definition) is 1. The normalized spacial score (nSPS) is 28.8. The minimum absolute atomic E-state index is 0.445. The lowest BCUT2D eigenvalue weighted by Crippen LogP contribution is -2.10. The van der Waals surface area contributed by atoms with E-state index in [1.54, 1.807) is 0 Å². The van der Waals surface area contributed by atoms with Crippen molar-refractivity contribution in [1.82, 2.24) is 10.3 Å². The predicted molar refractivity (Wildman–Crippen MR) is 56.1 cm³/mol. The molecule has 72 valence electrons. The Morgan fingerprint density at radius 2 is 2.38 bits per heavy atom. The van der Waals surface area contributed by atoms with Crippen LogP contribution in [0.4, 0.5) is 0 Å². The van der Waals surface area contributed by atoms with E-state index in [0.29, 0.717) is 6.04 Å². The molecule has 1 heterocycles. The Kier molecular flexibility index (Phi) is 2.39. The molecule has 0 aromatic carbocycles. The average Bonchev–Trinajstić information content (AvgIpc) is 2.70. The Morgan fingerprint density at radius 3 is 2.92 bits per heavy atom. The van der Waals surface area contributed by atoms with E-state index < -0.39 is 0 Å². The highest BCUT2D eigenvalue weighted by Gasteiger charge is 2.36. The van der Waals surface area contributed by atoms with Gasteiger partial charge in [0.2, 0.25) is 0 Å². The summed E-state index contributed by atoms with van der Waals surface area (Å²) in [5.41, 5.74) is 0. The molecule has 0 aliphatic heterocycles. The van der Waals surface area contributed by atoms with Crippen molar-refractivity contribution in [3.8, 4) is 0 Å². The largest absolute Gasteiger partial charge is 0.312 e. The summed E-state index contributed by atoms with van der Waals surface area (Å²) in [5.74, 6) is 1.63. The molecule has 1 aliphatic rings. The van der Waals surface area contributed by atoms with Crippen LogP contribution in [0.2, 0.25) is 0 Å². The van der Waals surface area contributed by atoms with Gasteiger partial charge in [0.05, 0.1) is 5.01 Å². The van der Waals surface area contributed by atoms with Crippen LogP contribution >= 0.6 is 11.3 Å². The topological polar surface area (TPSA) is 24.9 Å². The molecule has 0 spiro atoms. The maximum atomic E-state index is 4.48. The predicted octanol–water partition coefficient (Wildman–Crippen LogP) is 2.55. The minimum atomic E-state index is 0.445. The fourth-order valence-electron chi connectivity index (χ4n) is 1.48. The summed E-state index contributed by atoms with van der Waals surface area (Å²) in [5, 5.41) is 4.57. The smallest absolute Gasteiger partial charge is 0.0961 e. The van der Waals surface area contributed by atoms with E-state index in [2.05, 4.69) is 24.1 Å². The van der Waals surface area contributed by atoms with Crippen LogP contribution in [0.15, 0.2) is 6.20 Å². The van der Waals surface area contributed by atoms with Crippen molar-refractivity contribution in [2.24, 2.45) is 5.92 Å². The molecule has 0 bridgehead atoms. The van der Waals surface area contributed by atoms with Crippen LogP contribution in [-0.4, -0.2) is 12.0 Å². The van der Waals surface area contributed by atoms with Crippen molar-refractivity contribution in [3.63, 3.8) is 0 Å². The second-order valence-electron chi connectivity index (χ2n) is 3.93. The van der Waals surface area contributed by atoms with E-state index in [1.165, 1.54) is 16.3 Å². The van der Waals surface area contributed by atoms with E-state index >= 15 is 0 Å². The van der Waals surface area contributed by atoms with Crippen molar-refractivity contribution in [2.75, 3.05) is 7.05 Å². The Hall–Kier alpha value is -0.410. The quantitative estimate of drug-likeness (QED) is 0.803. The van der Waals surface area contributed by atoms with Gasteiger partial charge in [0.15, 0.2) is 0 Å². The molecule has 0 saturated heterocycles. The molecule has 1 N–H and O–H groups in total. The zero-order valence-electron chi connectivity index (χ0n) is 8.37. The first-order valence-corrected chi connectivity index (χ1v) is 5.67. The molecule has 3 atom stereocenters. The molecule has 3 unspecified atom stereocenters. The van der Waals surface area contributed by atoms with Gasteiger partial charge in [0.1, 0.15) is 0 Å². The van der Waals surface area contributed by atoms with Crippen LogP contribution in [0.5, 0.6) is 0 Å². The molecular weight excluding hydrogens is 180 g/mol. The fraction of sp³-hybridized carbons (Fsp3) is 0.700. The standard InChI is InChI=1S/C10H16N2S/c1-6-4-8(6)10-12-5-9(13-10)7(2)11-3/h5-8,11H,4H2,1-3H3. The summed E-state index contributed by atoms with van der Waals surface area (Å²) in [7, 11) is 1.99. The van der Waals surface area contributed by atoms with E-state index in [0.717, 1.165) is 11.8 Å². The summed E-state index contributed by atoms with van der Waals surface area (Å²) in [6, 6.07) is 0.445. The molecule has 1 aliphatic carbocycles. The van der Waals surface area contributed by atoms with Gasteiger partial charge in [-0.25, -0.2) is 4.98 Å². The second kappa shape index (κ2) is 3.39. The maximum absolute atomic E-state index is 4.48.